The fraction of sp³-hybridized carbons (Fsp3) is 0.286. The Kier molecular flexibility index (Phi) is 7.55. The molecule has 1 atom stereocenters. The zero-order valence-electron chi connectivity index (χ0n) is 20.2. The van der Waals surface area contributed by atoms with E-state index in [0.717, 1.165) is 23.1 Å². The zero-order valence-corrected chi connectivity index (χ0v) is 20.2. The predicted octanol–water partition coefficient (Wildman–Crippen LogP) is 4.16. The van der Waals surface area contributed by atoms with Crippen LogP contribution in [-0.2, 0) is 17.8 Å². The van der Waals surface area contributed by atoms with Gasteiger partial charge in [-0.15, -0.1) is 0 Å². The fourth-order valence-corrected chi connectivity index (χ4v) is 4.47. The van der Waals surface area contributed by atoms with E-state index < -0.39 is 6.04 Å². The molecule has 3 aromatic carbocycles. The largest absolute Gasteiger partial charge is 0.493 e. The van der Waals surface area contributed by atoms with Gasteiger partial charge in [-0.25, -0.2) is 0 Å². The van der Waals surface area contributed by atoms with Crippen LogP contribution < -0.4 is 19.5 Å². The molecule has 182 valence electrons. The summed E-state index contributed by atoms with van der Waals surface area (Å²) in [5, 5.41) is 3.01. The summed E-state index contributed by atoms with van der Waals surface area (Å²) < 4.78 is 16.5. The van der Waals surface area contributed by atoms with E-state index in [4.69, 9.17) is 14.2 Å². The third kappa shape index (κ3) is 5.24. The van der Waals surface area contributed by atoms with E-state index in [1.807, 2.05) is 54.6 Å². The maximum Gasteiger partial charge on any atom is 0.255 e. The number of rotatable bonds is 10. The van der Waals surface area contributed by atoms with Crippen LogP contribution in [0.3, 0.4) is 0 Å². The summed E-state index contributed by atoms with van der Waals surface area (Å²) >= 11 is 0. The second kappa shape index (κ2) is 11.0. The molecule has 1 aliphatic rings. The van der Waals surface area contributed by atoms with Crippen molar-refractivity contribution in [2.45, 2.75) is 25.4 Å². The molecule has 4 rings (SSSR count). The average Bonchev–Trinajstić information content (AvgIpc) is 3.23. The van der Waals surface area contributed by atoms with E-state index in [1.54, 1.807) is 38.4 Å². The van der Waals surface area contributed by atoms with Crippen LogP contribution in [0.2, 0.25) is 0 Å². The van der Waals surface area contributed by atoms with Crippen LogP contribution in [0.25, 0.3) is 0 Å². The topological polar surface area (TPSA) is 77.1 Å². The Morgan fingerprint density at radius 2 is 1.60 bits per heavy atom. The molecule has 0 unspecified atom stereocenters. The number of carbonyl (C=O) groups excluding carboxylic acids is 2. The lowest BCUT2D eigenvalue weighted by molar-refractivity contribution is -0.122. The lowest BCUT2D eigenvalue weighted by Gasteiger charge is -2.29. The predicted molar refractivity (Wildman–Crippen MR) is 133 cm³/mol. The number of amides is 2. The lowest BCUT2D eigenvalue weighted by atomic mass is 10.00. The third-order valence-electron chi connectivity index (χ3n) is 6.25. The second-order valence-electron chi connectivity index (χ2n) is 8.35. The normalized spacial score (nSPS) is 13.2. The van der Waals surface area contributed by atoms with Gasteiger partial charge in [-0.05, 0) is 41.3 Å². The minimum Gasteiger partial charge on any atom is -0.493 e. The molecule has 35 heavy (non-hydrogen) atoms. The Morgan fingerprint density at radius 1 is 0.943 bits per heavy atom. The van der Waals surface area contributed by atoms with Gasteiger partial charge in [0.25, 0.3) is 5.91 Å². The number of nitrogens with zero attached hydrogens (tertiary/aromatic N) is 1. The van der Waals surface area contributed by atoms with Crippen LogP contribution in [0, 0.1) is 0 Å². The zero-order chi connectivity index (χ0) is 24.8. The first kappa shape index (κ1) is 24.1. The molecule has 1 aliphatic heterocycles. The summed E-state index contributed by atoms with van der Waals surface area (Å²) in [7, 11) is 4.63. The molecule has 0 spiro atoms. The first-order valence-electron chi connectivity index (χ1n) is 11.5. The van der Waals surface area contributed by atoms with Crippen molar-refractivity contribution < 1.29 is 23.8 Å². The van der Waals surface area contributed by atoms with E-state index >= 15 is 0 Å². The number of benzene rings is 3. The van der Waals surface area contributed by atoms with Crippen LogP contribution in [0.1, 0.15) is 39.5 Å². The van der Waals surface area contributed by atoms with Gasteiger partial charge >= 0.3 is 0 Å². The molecule has 0 aliphatic carbocycles. The molecule has 0 saturated heterocycles. The van der Waals surface area contributed by atoms with Gasteiger partial charge in [-0.2, -0.15) is 0 Å². The molecular weight excluding hydrogens is 444 g/mol. The molecule has 3 aromatic rings. The highest BCUT2D eigenvalue weighted by molar-refractivity contribution is 5.99. The minimum atomic E-state index is -0.514. The van der Waals surface area contributed by atoms with Crippen molar-refractivity contribution in [3.05, 3.63) is 89.0 Å². The summed E-state index contributed by atoms with van der Waals surface area (Å²) in [4.78, 5) is 28.1. The SMILES string of the molecule is COc1cc([C@@H](CC(=O)NCCc2ccccc2)N2Cc3ccccc3C2=O)cc(OC)c1OC. The Bertz CT molecular complexity index is 1170. The molecule has 7 heteroatoms. The number of carbonyl (C=O) groups is 2. The molecule has 0 aromatic heterocycles. The van der Waals surface area contributed by atoms with Gasteiger partial charge in [0, 0.05) is 18.7 Å². The number of methoxy groups -OCH3 is 3. The quantitative estimate of drug-likeness (QED) is 0.478. The average molecular weight is 475 g/mol. The summed E-state index contributed by atoms with van der Waals surface area (Å²) in [6, 6.07) is 20.6. The number of nitrogens with one attached hydrogen (secondary N) is 1. The summed E-state index contributed by atoms with van der Waals surface area (Å²) in [6.07, 6.45) is 0.836. The molecule has 0 bridgehead atoms. The molecule has 0 fully saturated rings. The maximum absolute atomic E-state index is 13.3. The number of fused-ring (bicyclic) bond motifs is 1. The summed E-state index contributed by atoms with van der Waals surface area (Å²) in [6.45, 7) is 0.937. The standard InChI is InChI=1S/C28H30N2O5/c1-33-24-15-21(16-25(34-2)27(24)35-3)23(30-18-20-11-7-8-12-22(20)28(30)32)17-26(31)29-14-13-19-9-5-4-6-10-19/h4-12,15-16,23H,13-14,17-18H2,1-3H3,(H,29,31)/t23-/m1/s1. The highest BCUT2D eigenvalue weighted by Gasteiger charge is 2.35. The van der Waals surface area contributed by atoms with Crippen molar-refractivity contribution in [1.82, 2.24) is 10.2 Å². The van der Waals surface area contributed by atoms with Crippen molar-refractivity contribution in [1.29, 1.82) is 0 Å². The van der Waals surface area contributed by atoms with Crippen molar-refractivity contribution in [2.75, 3.05) is 27.9 Å². The number of ether oxygens (including phenoxy) is 3. The van der Waals surface area contributed by atoms with Gasteiger partial charge in [0.1, 0.15) is 0 Å². The Morgan fingerprint density at radius 3 is 2.23 bits per heavy atom. The molecule has 0 radical (unpaired) electrons. The molecule has 7 nitrogen and oxygen atoms in total. The molecule has 2 amide bonds. The van der Waals surface area contributed by atoms with Crippen molar-refractivity contribution in [3.63, 3.8) is 0 Å². The van der Waals surface area contributed by atoms with Crippen LogP contribution in [0.15, 0.2) is 66.7 Å². The highest BCUT2D eigenvalue weighted by atomic mass is 16.5. The maximum atomic E-state index is 13.3. The number of hydrogen-bond donors (Lipinski definition) is 1. The van der Waals surface area contributed by atoms with E-state index in [1.165, 1.54) is 0 Å². The van der Waals surface area contributed by atoms with Crippen LogP contribution in [0.5, 0.6) is 17.2 Å². The van der Waals surface area contributed by atoms with Gasteiger partial charge in [0.2, 0.25) is 11.7 Å². The summed E-state index contributed by atoms with van der Waals surface area (Å²) in [5.41, 5.74) is 3.49. The van der Waals surface area contributed by atoms with Gasteiger partial charge in [0.15, 0.2) is 11.5 Å². The van der Waals surface area contributed by atoms with Gasteiger partial charge in [-0.3, -0.25) is 9.59 Å². The Hall–Kier alpha value is -4.00. The third-order valence-corrected chi connectivity index (χ3v) is 6.25. The monoisotopic (exact) mass is 474 g/mol. The number of hydrogen-bond acceptors (Lipinski definition) is 5. The van der Waals surface area contributed by atoms with Gasteiger partial charge < -0.3 is 24.4 Å². The van der Waals surface area contributed by atoms with Gasteiger partial charge in [0.05, 0.1) is 33.8 Å². The van der Waals surface area contributed by atoms with E-state index in [0.29, 0.717) is 35.9 Å². The van der Waals surface area contributed by atoms with E-state index in [9.17, 15) is 9.59 Å². The molecule has 1 N–H and O–H groups in total. The van der Waals surface area contributed by atoms with E-state index in [2.05, 4.69) is 5.32 Å². The smallest absolute Gasteiger partial charge is 0.255 e. The Labute approximate surface area is 205 Å². The molecular formula is C28H30N2O5. The summed E-state index contributed by atoms with van der Waals surface area (Å²) in [5.74, 6) is 1.17. The molecule has 0 saturated carbocycles. The molecule has 1 heterocycles. The van der Waals surface area contributed by atoms with Gasteiger partial charge in [-0.1, -0.05) is 48.5 Å². The van der Waals surface area contributed by atoms with Crippen LogP contribution >= 0.6 is 0 Å². The van der Waals surface area contributed by atoms with Crippen molar-refractivity contribution >= 4 is 11.8 Å². The fourth-order valence-electron chi connectivity index (χ4n) is 4.47. The Balaban J connectivity index is 1.60. The van der Waals surface area contributed by atoms with Crippen molar-refractivity contribution in [3.8, 4) is 17.2 Å². The minimum absolute atomic E-state index is 0.101. The van der Waals surface area contributed by atoms with E-state index in [-0.39, 0.29) is 18.2 Å². The first-order chi connectivity index (χ1) is 17.0. The van der Waals surface area contributed by atoms with Crippen molar-refractivity contribution in [2.24, 2.45) is 0 Å². The van der Waals surface area contributed by atoms with Crippen LogP contribution in [-0.4, -0.2) is 44.6 Å². The lowest BCUT2D eigenvalue weighted by Crippen LogP contribution is -2.35. The first-order valence-corrected chi connectivity index (χ1v) is 11.5. The van der Waals surface area contributed by atoms with Crippen LogP contribution in [0.4, 0.5) is 0 Å². The highest BCUT2D eigenvalue weighted by Crippen LogP contribution is 2.42. The second-order valence-corrected chi connectivity index (χ2v) is 8.35.